The maximum absolute atomic E-state index is 10.4. The highest BCUT2D eigenvalue weighted by atomic mass is 16.5. The van der Waals surface area contributed by atoms with Crippen LogP contribution in [0.3, 0.4) is 0 Å². The fraction of sp³-hybridized carbons (Fsp3) is 0.875. The second-order valence-electron chi connectivity index (χ2n) is 2.64. The molecule has 0 aromatic carbocycles. The summed E-state index contributed by atoms with van der Waals surface area (Å²) in [6.07, 6.45) is -5.36. The van der Waals surface area contributed by atoms with Gasteiger partial charge in [-0.25, -0.2) is 0 Å². The van der Waals surface area contributed by atoms with E-state index in [-0.39, 0.29) is 6.29 Å². The number of rotatable bonds is 7. The number of carbonyl (C=O) groups is 1. The number of hydrogen-bond acceptors (Lipinski definition) is 6. The van der Waals surface area contributed by atoms with Crippen molar-refractivity contribution in [3.8, 4) is 0 Å². The maximum atomic E-state index is 10.4. The average Bonchev–Trinajstić information content (AvgIpc) is 2.31. The smallest absolute Gasteiger partial charge is 0.151 e. The zero-order valence-electron chi connectivity index (χ0n) is 9.57. The Kier molecular flexibility index (Phi) is 4.90. The highest BCUT2D eigenvalue weighted by Gasteiger charge is 2.33. The van der Waals surface area contributed by atoms with E-state index in [2.05, 4.69) is 0 Å². The number of aldehydes is 1. The SMILES string of the molecule is [2H]CO[C@@H]([C@H](OC[2H])[C@@H](O)C=O)[C@H](O)CO. The van der Waals surface area contributed by atoms with Gasteiger partial charge in [-0.2, -0.15) is 0 Å². The van der Waals surface area contributed by atoms with Gasteiger partial charge in [-0.15, -0.1) is 0 Å². The maximum Gasteiger partial charge on any atom is 0.151 e. The molecule has 0 spiro atoms. The number of carbonyl (C=O) groups excluding carboxylic acids is 1. The first kappa shape index (κ1) is 10.0. The van der Waals surface area contributed by atoms with Crippen LogP contribution in [0.5, 0.6) is 0 Å². The van der Waals surface area contributed by atoms with E-state index in [0.717, 1.165) is 0 Å². The number of ether oxygens (including phenoxy) is 2. The van der Waals surface area contributed by atoms with E-state index in [1.165, 1.54) is 0 Å². The molecule has 0 fully saturated rings. The van der Waals surface area contributed by atoms with E-state index in [1.54, 1.807) is 0 Å². The highest BCUT2D eigenvalue weighted by molar-refractivity contribution is 5.56. The van der Waals surface area contributed by atoms with Crippen molar-refractivity contribution < 1.29 is 32.3 Å². The fourth-order valence-electron chi connectivity index (χ4n) is 0.994. The van der Waals surface area contributed by atoms with Crippen LogP contribution in [0.4, 0.5) is 0 Å². The van der Waals surface area contributed by atoms with Crippen LogP contribution >= 0.6 is 0 Å². The molecule has 0 radical (unpaired) electrons. The number of methoxy groups -OCH3 is 2. The Bertz CT molecular complexity index is 193. The summed E-state index contributed by atoms with van der Waals surface area (Å²) in [6, 6.07) is 0. The second kappa shape index (κ2) is 6.86. The summed E-state index contributed by atoms with van der Waals surface area (Å²) in [5.74, 6) is 0. The molecule has 0 aliphatic carbocycles. The van der Waals surface area contributed by atoms with Gasteiger partial charge in [0.25, 0.3) is 0 Å². The molecule has 0 saturated heterocycles. The van der Waals surface area contributed by atoms with Crippen LogP contribution in [0, 0.1) is 0 Å². The van der Waals surface area contributed by atoms with Gasteiger partial charge in [0.15, 0.2) is 6.29 Å². The van der Waals surface area contributed by atoms with E-state index < -0.39 is 45.2 Å². The molecule has 0 aromatic heterocycles. The van der Waals surface area contributed by atoms with Crippen LogP contribution in [0.25, 0.3) is 0 Å². The minimum atomic E-state index is -1.59. The molecule has 0 saturated carbocycles. The molecule has 0 aliphatic heterocycles. The quantitative estimate of drug-likeness (QED) is 0.418. The van der Waals surface area contributed by atoms with Crippen molar-refractivity contribution in [3.05, 3.63) is 0 Å². The van der Waals surface area contributed by atoms with Crippen LogP contribution in [0.15, 0.2) is 0 Å². The highest BCUT2D eigenvalue weighted by Crippen LogP contribution is 2.10. The van der Waals surface area contributed by atoms with Crippen LogP contribution < -0.4 is 0 Å². The molecule has 3 N–H and O–H groups in total. The monoisotopic (exact) mass is 210 g/mol. The van der Waals surface area contributed by atoms with Crippen molar-refractivity contribution in [2.24, 2.45) is 0 Å². The Balaban J connectivity index is 4.69. The number of aliphatic hydroxyl groups excluding tert-OH is 3. The largest absolute Gasteiger partial charge is 0.394 e. The minimum Gasteiger partial charge on any atom is -0.394 e. The molecule has 0 heterocycles. The Morgan fingerprint density at radius 3 is 2.36 bits per heavy atom. The molecule has 0 bridgehead atoms. The second-order valence-corrected chi connectivity index (χ2v) is 2.64. The molecular formula is C8H16O6. The molecule has 0 aromatic rings. The first-order valence-corrected chi connectivity index (χ1v) is 3.86. The molecule has 0 unspecified atom stereocenters. The van der Waals surface area contributed by atoms with E-state index in [1.807, 2.05) is 0 Å². The van der Waals surface area contributed by atoms with Gasteiger partial charge in [-0.3, -0.25) is 0 Å². The van der Waals surface area contributed by atoms with Crippen molar-refractivity contribution in [2.45, 2.75) is 24.4 Å². The molecular weight excluding hydrogens is 192 g/mol. The van der Waals surface area contributed by atoms with Crippen molar-refractivity contribution in [3.63, 3.8) is 0 Å². The zero-order valence-corrected chi connectivity index (χ0v) is 7.57. The predicted octanol–water partition coefficient (Wildman–Crippen LogP) is -2.07. The summed E-state index contributed by atoms with van der Waals surface area (Å²) < 4.78 is 23.2. The summed E-state index contributed by atoms with van der Waals surface area (Å²) in [6.45, 7) is -0.673. The standard InChI is InChI=1S/C8H16O6/c1-13-7(5(11)3-9)8(14-2)6(12)4-10/h3,5-8,10-12H,4H2,1-2H3/t5-,6+,7+,8+/m0/s1/i1D,2D. The third-order valence-electron chi connectivity index (χ3n) is 1.75. The lowest BCUT2D eigenvalue weighted by atomic mass is 10.0. The minimum absolute atomic E-state index is 0.171. The van der Waals surface area contributed by atoms with Gasteiger partial charge >= 0.3 is 0 Å². The summed E-state index contributed by atoms with van der Waals surface area (Å²) in [5.41, 5.74) is 0. The lowest BCUT2D eigenvalue weighted by Crippen LogP contribution is -2.48. The molecule has 0 aliphatic rings. The van der Waals surface area contributed by atoms with Gasteiger partial charge in [-0.05, 0) is 0 Å². The molecule has 84 valence electrons. The lowest BCUT2D eigenvalue weighted by Gasteiger charge is -2.28. The van der Waals surface area contributed by atoms with Gasteiger partial charge in [0.1, 0.15) is 24.4 Å². The van der Waals surface area contributed by atoms with Gasteiger partial charge in [-0.1, -0.05) is 0 Å². The number of hydrogen-bond donors (Lipinski definition) is 3. The molecule has 4 atom stereocenters. The molecule has 0 rings (SSSR count). The Hall–Kier alpha value is -0.530. The third-order valence-corrected chi connectivity index (χ3v) is 1.75. The summed E-state index contributed by atoms with van der Waals surface area (Å²) in [5, 5.41) is 27.4. The van der Waals surface area contributed by atoms with Crippen LogP contribution in [0.2, 0.25) is 0 Å². The summed E-state index contributed by atoms with van der Waals surface area (Å²) in [4.78, 5) is 10.4. The van der Waals surface area contributed by atoms with Gasteiger partial charge in [0, 0.05) is 14.2 Å². The van der Waals surface area contributed by atoms with E-state index in [4.69, 9.17) is 17.3 Å². The molecule has 0 amide bonds. The Labute approximate surface area is 84.9 Å². The molecule has 6 nitrogen and oxygen atoms in total. The topological polar surface area (TPSA) is 96.2 Å². The summed E-state index contributed by atoms with van der Waals surface area (Å²) in [7, 11) is -1.09. The van der Waals surface area contributed by atoms with Crippen LogP contribution in [-0.4, -0.2) is 66.8 Å². The Morgan fingerprint density at radius 2 is 1.93 bits per heavy atom. The first-order chi connectivity index (χ1) is 7.62. The van der Waals surface area contributed by atoms with Gasteiger partial charge in [0.2, 0.25) is 0 Å². The van der Waals surface area contributed by atoms with Crippen molar-refractivity contribution in [1.29, 1.82) is 0 Å². The van der Waals surface area contributed by atoms with E-state index >= 15 is 0 Å². The van der Waals surface area contributed by atoms with Crippen molar-refractivity contribution >= 4 is 6.29 Å². The molecule has 14 heavy (non-hydrogen) atoms. The van der Waals surface area contributed by atoms with E-state index in [9.17, 15) is 15.0 Å². The van der Waals surface area contributed by atoms with Crippen molar-refractivity contribution in [1.82, 2.24) is 0 Å². The van der Waals surface area contributed by atoms with Crippen molar-refractivity contribution in [2.75, 3.05) is 20.8 Å². The summed E-state index contributed by atoms with van der Waals surface area (Å²) >= 11 is 0. The average molecular weight is 210 g/mol. The van der Waals surface area contributed by atoms with Gasteiger partial charge < -0.3 is 29.6 Å². The normalized spacial score (nSPS) is 21.6. The number of aliphatic hydroxyl groups is 3. The fourth-order valence-corrected chi connectivity index (χ4v) is 0.994. The van der Waals surface area contributed by atoms with Gasteiger partial charge in [0.05, 0.1) is 9.35 Å². The zero-order chi connectivity index (χ0) is 12.6. The Morgan fingerprint density at radius 1 is 1.36 bits per heavy atom. The van der Waals surface area contributed by atoms with Crippen LogP contribution in [-0.2, 0) is 14.3 Å². The third kappa shape index (κ3) is 3.32. The van der Waals surface area contributed by atoms with E-state index in [0.29, 0.717) is 0 Å². The van der Waals surface area contributed by atoms with Crippen LogP contribution in [0.1, 0.15) is 2.74 Å². The lowest BCUT2D eigenvalue weighted by molar-refractivity contribution is -0.150. The predicted molar refractivity (Wildman–Crippen MR) is 46.8 cm³/mol. The first-order valence-electron chi connectivity index (χ1n) is 5.27. The molecule has 6 heteroatoms.